The summed E-state index contributed by atoms with van der Waals surface area (Å²) in [7, 11) is -2.28. The highest BCUT2D eigenvalue weighted by atomic mass is 32.2. The van der Waals surface area contributed by atoms with Crippen LogP contribution in [0.4, 0.5) is 5.69 Å². The maximum Gasteiger partial charge on any atom is 0.248 e. The number of carbonyl (C=O) groups is 1. The molecule has 0 bridgehead atoms. The Balaban J connectivity index is 2.11. The van der Waals surface area contributed by atoms with Crippen LogP contribution in [0, 0.1) is 0 Å². The van der Waals surface area contributed by atoms with Crippen molar-refractivity contribution >= 4 is 27.7 Å². The number of amides is 1. The number of sulfonamides is 1. The molecule has 7 nitrogen and oxygen atoms in total. The lowest BCUT2D eigenvalue weighted by Gasteiger charge is -2.09. The van der Waals surface area contributed by atoms with E-state index >= 15 is 0 Å². The molecule has 0 atom stereocenters. The highest BCUT2D eigenvalue weighted by molar-refractivity contribution is 7.89. The quantitative estimate of drug-likeness (QED) is 0.722. The van der Waals surface area contributed by atoms with E-state index in [-0.39, 0.29) is 4.90 Å². The molecule has 3 N–H and O–H groups in total. The first-order valence-electron chi connectivity index (χ1n) is 7.76. The number of anilines is 1. The molecule has 0 aliphatic rings. The van der Waals surface area contributed by atoms with E-state index in [1.807, 2.05) is 6.92 Å². The molecule has 2 aromatic carbocycles. The zero-order valence-corrected chi connectivity index (χ0v) is 15.2. The molecule has 0 radical (unpaired) electrons. The van der Waals surface area contributed by atoms with Gasteiger partial charge < -0.3 is 14.8 Å². The van der Waals surface area contributed by atoms with Gasteiger partial charge in [0.1, 0.15) is 0 Å². The van der Waals surface area contributed by atoms with Gasteiger partial charge >= 0.3 is 0 Å². The first-order valence-corrected chi connectivity index (χ1v) is 9.31. The molecular formula is C18H20N2O5S. The van der Waals surface area contributed by atoms with Crippen LogP contribution in [0.15, 0.2) is 53.4 Å². The smallest absolute Gasteiger partial charge is 0.248 e. The van der Waals surface area contributed by atoms with Gasteiger partial charge in [-0.1, -0.05) is 12.1 Å². The number of primary sulfonamides is 1. The van der Waals surface area contributed by atoms with Crippen molar-refractivity contribution in [2.45, 2.75) is 11.8 Å². The Hall–Kier alpha value is -2.84. The summed E-state index contributed by atoms with van der Waals surface area (Å²) >= 11 is 0. The standard InChI is InChI=1S/C18H20N2O5S/c1-3-25-17-11-13(7-9-16(17)24-2)8-10-18(21)20-14-5-4-6-15(12-14)26(19,22)23/h4-12H,3H2,1-2H3,(H,20,21)(H2,19,22,23)/b10-8+. The molecule has 0 saturated carbocycles. The minimum absolute atomic E-state index is 0.0733. The van der Waals surface area contributed by atoms with Crippen LogP contribution in [-0.4, -0.2) is 28.0 Å². The number of methoxy groups -OCH3 is 1. The molecule has 0 unspecified atom stereocenters. The number of carbonyl (C=O) groups excluding carboxylic acids is 1. The SMILES string of the molecule is CCOc1cc(/C=C/C(=O)Nc2cccc(S(N)(=O)=O)c2)ccc1OC. The molecule has 26 heavy (non-hydrogen) atoms. The van der Waals surface area contributed by atoms with Crippen molar-refractivity contribution in [1.29, 1.82) is 0 Å². The molecule has 0 aliphatic carbocycles. The third-order valence-electron chi connectivity index (χ3n) is 3.34. The van der Waals surface area contributed by atoms with Crippen LogP contribution in [0.5, 0.6) is 11.5 Å². The lowest BCUT2D eigenvalue weighted by Crippen LogP contribution is -2.13. The molecule has 2 rings (SSSR count). The van der Waals surface area contributed by atoms with Crippen LogP contribution in [0.1, 0.15) is 12.5 Å². The van der Waals surface area contributed by atoms with Crippen LogP contribution in [0.2, 0.25) is 0 Å². The average molecular weight is 376 g/mol. The lowest BCUT2D eigenvalue weighted by molar-refractivity contribution is -0.111. The maximum absolute atomic E-state index is 12.0. The summed E-state index contributed by atoms with van der Waals surface area (Å²) in [4.78, 5) is 12.0. The molecular weight excluding hydrogens is 356 g/mol. The molecule has 0 fully saturated rings. The van der Waals surface area contributed by atoms with E-state index in [4.69, 9.17) is 14.6 Å². The second-order valence-electron chi connectivity index (χ2n) is 5.24. The van der Waals surface area contributed by atoms with Crippen molar-refractivity contribution in [1.82, 2.24) is 0 Å². The predicted octanol–water partition coefficient (Wildman–Crippen LogP) is 2.39. The van der Waals surface area contributed by atoms with Crippen molar-refractivity contribution in [2.75, 3.05) is 19.0 Å². The van der Waals surface area contributed by atoms with Crippen LogP contribution in [-0.2, 0) is 14.8 Å². The molecule has 0 saturated heterocycles. The molecule has 8 heteroatoms. The highest BCUT2D eigenvalue weighted by Gasteiger charge is 2.09. The number of nitrogens with two attached hydrogens (primary N) is 1. The van der Waals surface area contributed by atoms with Crippen molar-refractivity contribution in [3.05, 3.63) is 54.1 Å². The lowest BCUT2D eigenvalue weighted by atomic mass is 10.2. The summed E-state index contributed by atoms with van der Waals surface area (Å²) in [6.45, 7) is 2.36. The molecule has 2 aromatic rings. The fourth-order valence-corrected chi connectivity index (χ4v) is 2.73. The zero-order valence-electron chi connectivity index (χ0n) is 14.4. The third kappa shape index (κ3) is 5.33. The van der Waals surface area contributed by atoms with Crippen molar-refractivity contribution in [3.8, 4) is 11.5 Å². The Morgan fingerprint density at radius 2 is 1.96 bits per heavy atom. The number of hydrogen-bond acceptors (Lipinski definition) is 5. The molecule has 138 valence electrons. The third-order valence-corrected chi connectivity index (χ3v) is 4.26. The Kier molecular flexibility index (Phi) is 6.37. The van der Waals surface area contributed by atoms with E-state index < -0.39 is 15.9 Å². The molecule has 0 heterocycles. The van der Waals surface area contributed by atoms with Crippen LogP contribution < -0.4 is 19.9 Å². The fraction of sp³-hybridized carbons (Fsp3) is 0.167. The van der Waals surface area contributed by atoms with Crippen molar-refractivity contribution < 1.29 is 22.7 Å². The second-order valence-corrected chi connectivity index (χ2v) is 6.80. The van der Waals surface area contributed by atoms with Gasteiger partial charge in [-0.25, -0.2) is 13.6 Å². The fourth-order valence-electron chi connectivity index (χ4n) is 2.17. The van der Waals surface area contributed by atoms with E-state index in [0.717, 1.165) is 5.56 Å². The van der Waals surface area contributed by atoms with E-state index in [1.165, 1.54) is 24.3 Å². The van der Waals surface area contributed by atoms with Gasteiger partial charge in [-0.2, -0.15) is 0 Å². The zero-order chi connectivity index (χ0) is 19.2. The number of hydrogen-bond donors (Lipinski definition) is 2. The monoisotopic (exact) mass is 376 g/mol. The summed E-state index contributed by atoms with van der Waals surface area (Å²) < 4.78 is 33.4. The summed E-state index contributed by atoms with van der Waals surface area (Å²) in [6.07, 6.45) is 2.95. The van der Waals surface area contributed by atoms with Gasteiger partial charge in [-0.05, 0) is 48.9 Å². The minimum Gasteiger partial charge on any atom is -0.493 e. The van der Waals surface area contributed by atoms with E-state index in [1.54, 1.807) is 37.5 Å². The Morgan fingerprint density at radius 1 is 1.19 bits per heavy atom. The van der Waals surface area contributed by atoms with Crippen LogP contribution in [0.3, 0.4) is 0 Å². The van der Waals surface area contributed by atoms with Crippen molar-refractivity contribution in [2.24, 2.45) is 5.14 Å². The first-order chi connectivity index (χ1) is 12.3. The Labute approximate surface area is 152 Å². The summed E-state index contributed by atoms with van der Waals surface area (Å²) in [5.41, 5.74) is 1.08. The van der Waals surface area contributed by atoms with Gasteiger partial charge in [0, 0.05) is 11.8 Å². The second kappa shape index (κ2) is 8.50. The van der Waals surface area contributed by atoms with Crippen LogP contribution in [0.25, 0.3) is 6.08 Å². The number of rotatable bonds is 7. The van der Waals surface area contributed by atoms with Gasteiger partial charge in [0.2, 0.25) is 15.9 Å². The summed E-state index contributed by atoms with van der Waals surface area (Å²) in [5.74, 6) is 0.775. The minimum atomic E-state index is -3.83. The van der Waals surface area contributed by atoms with E-state index in [2.05, 4.69) is 5.32 Å². The van der Waals surface area contributed by atoms with E-state index in [0.29, 0.717) is 23.8 Å². The molecule has 0 spiro atoms. The van der Waals surface area contributed by atoms with Crippen molar-refractivity contribution in [3.63, 3.8) is 0 Å². The summed E-state index contributed by atoms with van der Waals surface area (Å²) in [5, 5.41) is 7.66. The average Bonchev–Trinajstić information content (AvgIpc) is 2.60. The van der Waals surface area contributed by atoms with Gasteiger partial charge in [0.05, 0.1) is 18.6 Å². The normalized spacial score (nSPS) is 11.3. The van der Waals surface area contributed by atoms with Gasteiger partial charge in [0.15, 0.2) is 11.5 Å². The van der Waals surface area contributed by atoms with Gasteiger partial charge in [0.25, 0.3) is 0 Å². The first kappa shape index (κ1) is 19.5. The topological polar surface area (TPSA) is 108 Å². The number of benzene rings is 2. The van der Waals surface area contributed by atoms with E-state index in [9.17, 15) is 13.2 Å². The summed E-state index contributed by atoms with van der Waals surface area (Å²) in [6, 6.07) is 11.0. The number of ether oxygens (including phenoxy) is 2. The van der Waals surface area contributed by atoms with Crippen LogP contribution >= 0.6 is 0 Å². The number of nitrogens with one attached hydrogen (secondary N) is 1. The highest BCUT2D eigenvalue weighted by Crippen LogP contribution is 2.28. The molecule has 1 amide bonds. The molecule has 0 aromatic heterocycles. The predicted molar refractivity (Wildman–Crippen MR) is 99.6 cm³/mol. The Bertz CT molecular complexity index is 923. The van der Waals surface area contributed by atoms with Gasteiger partial charge in [-0.3, -0.25) is 4.79 Å². The largest absolute Gasteiger partial charge is 0.493 e. The maximum atomic E-state index is 12.0. The molecule has 0 aliphatic heterocycles. The Morgan fingerprint density at radius 3 is 2.62 bits per heavy atom. The van der Waals surface area contributed by atoms with Gasteiger partial charge in [-0.15, -0.1) is 0 Å².